The van der Waals surface area contributed by atoms with Crippen LogP contribution < -0.4 is 0 Å². The summed E-state index contributed by atoms with van der Waals surface area (Å²) in [5.41, 5.74) is 0. The van der Waals surface area contributed by atoms with Gasteiger partial charge in [-0.15, -0.1) is 0 Å². The molecule has 2 heteroatoms. The fourth-order valence-electron chi connectivity index (χ4n) is 1.20. The number of isothiocyanates is 1. The Bertz CT molecular complexity index is 139. The van der Waals surface area contributed by atoms with Crippen LogP contribution >= 0.6 is 12.2 Å². The van der Waals surface area contributed by atoms with E-state index in [9.17, 15) is 0 Å². The van der Waals surface area contributed by atoms with Crippen molar-refractivity contribution in [3.8, 4) is 0 Å². The molecule has 0 aromatic carbocycles. The number of hydrogen-bond acceptors (Lipinski definition) is 2. The van der Waals surface area contributed by atoms with Gasteiger partial charge in [-0.2, -0.15) is 0 Å². The highest BCUT2D eigenvalue weighted by atomic mass is 32.1. The maximum absolute atomic E-state index is 4.53. The summed E-state index contributed by atoms with van der Waals surface area (Å²) in [6.45, 7) is 4.33. The summed E-state index contributed by atoms with van der Waals surface area (Å²) in [5.74, 6) is 0. The zero-order valence-corrected chi connectivity index (χ0v) is 8.99. The van der Waals surface area contributed by atoms with Gasteiger partial charge >= 0.3 is 0 Å². The Labute approximate surface area is 81.3 Å². The van der Waals surface area contributed by atoms with Crippen LogP contribution in [0.4, 0.5) is 0 Å². The third-order valence-corrected chi connectivity index (χ3v) is 2.10. The lowest BCUT2D eigenvalue weighted by Crippen LogP contribution is -1.96. The minimum absolute atomic E-state index is 0.379. The van der Waals surface area contributed by atoms with E-state index in [1.54, 1.807) is 0 Å². The van der Waals surface area contributed by atoms with Gasteiger partial charge in [0.05, 0.1) is 11.2 Å². The monoisotopic (exact) mass is 185 g/mol. The summed E-state index contributed by atoms with van der Waals surface area (Å²) >= 11 is 4.53. The van der Waals surface area contributed by atoms with Gasteiger partial charge in [-0.05, 0) is 25.6 Å². The summed E-state index contributed by atoms with van der Waals surface area (Å²) < 4.78 is 0. The maximum atomic E-state index is 4.53. The van der Waals surface area contributed by atoms with Crippen LogP contribution in [-0.2, 0) is 0 Å². The van der Waals surface area contributed by atoms with Crippen LogP contribution in [-0.4, -0.2) is 11.2 Å². The molecule has 0 heterocycles. The fourth-order valence-corrected chi connectivity index (χ4v) is 1.38. The van der Waals surface area contributed by atoms with Crippen LogP contribution in [0.2, 0.25) is 0 Å². The average Bonchev–Trinajstić information content (AvgIpc) is 2.05. The smallest absolute Gasteiger partial charge is 0.0587 e. The molecule has 1 nitrogen and oxygen atoms in total. The predicted octanol–water partition coefficient (Wildman–Crippen LogP) is 3.84. The van der Waals surface area contributed by atoms with Crippen LogP contribution in [0, 0.1) is 0 Å². The van der Waals surface area contributed by atoms with E-state index in [2.05, 4.69) is 36.2 Å². The molecule has 0 radical (unpaired) electrons. The molecular weight excluding hydrogens is 166 g/mol. The molecule has 0 N–H and O–H groups in total. The Hall–Kier alpha value is -0.200. The molecular formula is C10H19NS. The third-order valence-electron chi connectivity index (χ3n) is 2.00. The molecule has 0 unspecified atom stereocenters. The molecule has 0 saturated carbocycles. The predicted molar refractivity (Wildman–Crippen MR) is 57.9 cm³/mol. The van der Waals surface area contributed by atoms with Crippen LogP contribution in [0.1, 0.15) is 52.4 Å². The maximum Gasteiger partial charge on any atom is 0.0587 e. The van der Waals surface area contributed by atoms with Crippen LogP contribution in [0.3, 0.4) is 0 Å². The van der Waals surface area contributed by atoms with Gasteiger partial charge in [-0.3, -0.25) is 0 Å². The molecule has 0 spiro atoms. The Balaban J connectivity index is 3.13. The second kappa shape index (κ2) is 8.89. The van der Waals surface area contributed by atoms with Crippen LogP contribution in [0.5, 0.6) is 0 Å². The fraction of sp³-hybridized carbons (Fsp3) is 0.900. The Kier molecular flexibility index (Phi) is 8.74. The van der Waals surface area contributed by atoms with Crippen molar-refractivity contribution in [3.63, 3.8) is 0 Å². The van der Waals surface area contributed by atoms with Crippen molar-refractivity contribution in [1.29, 1.82) is 0 Å². The lowest BCUT2D eigenvalue weighted by molar-refractivity contribution is 0.566. The van der Waals surface area contributed by atoms with Gasteiger partial charge in [-0.25, -0.2) is 4.99 Å². The van der Waals surface area contributed by atoms with Crippen molar-refractivity contribution in [1.82, 2.24) is 0 Å². The van der Waals surface area contributed by atoms with E-state index in [4.69, 9.17) is 0 Å². The first-order valence-corrected chi connectivity index (χ1v) is 5.29. The van der Waals surface area contributed by atoms with Crippen molar-refractivity contribution < 1.29 is 0 Å². The summed E-state index contributed by atoms with van der Waals surface area (Å²) in [6.07, 6.45) is 7.82. The van der Waals surface area contributed by atoms with Gasteiger partial charge in [0.1, 0.15) is 0 Å². The molecule has 0 saturated heterocycles. The summed E-state index contributed by atoms with van der Waals surface area (Å²) in [4.78, 5) is 4.01. The van der Waals surface area contributed by atoms with Gasteiger partial charge in [0.25, 0.3) is 0 Å². The zero-order chi connectivity index (χ0) is 9.23. The van der Waals surface area contributed by atoms with E-state index in [1.165, 1.54) is 32.1 Å². The number of rotatable bonds is 7. The Morgan fingerprint density at radius 2 is 1.92 bits per heavy atom. The second-order valence-electron chi connectivity index (χ2n) is 3.27. The number of thiocarbonyl (C=S) groups is 1. The van der Waals surface area contributed by atoms with Crippen molar-refractivity contribution in [2.24, 2.45) is 4.99 Å². The molecule has 0 aliphatic carbocycles. The van der Waals surface area contributed by atoms with Crippen molar-refractivity contribution in [2.75, 3.05) is 0 Å². The lowest BCUT2D eigenvalue weighted by Gasteiger charge is -2.02. The number of hydrogen-bond donors (Lipinski definition) is 0. The molecule has 0 aliphatic heterocycles. The average molecular weight is 185 g/mol. The molecule has 1 atom stereocenters. The van der Waals surface area contributed by atoms with Gasteiger partial charge in [0.2, 0.25) is 0 Å². The van der Waals surface area contributed by atoms with Gasteiger partial charge in [0, 0.05) is 0 Å². The van der Waals surface area contributed by atoms with E-state index in [0.29, 0.717) is 6.04 Å². The Morgan fingerprint density at radius 1 is 1.25 bits per heavy atom. The molecule has 0 aromatic heterocycles. The molecule has 70 valence electrons. The number of aliphatic imine (C=N–C) groups is 1. The van der Waals surface area contributed by atoms with Gasteiger partial charge in [-0.1, -0.05) is 39.0 Å². The highest BCUT2D eigenvalue weighted by Gasteiger charge is 1.96. The number of nitrogens with zero attached hydrogens (tertiary/aromatic N) is 1. The summed E-state index contributed by atoms with van der Waals surface area (Å²) in [7, 11) is 0. The van der Waals surface area contributed by atoms with E-state index in [-0.39, 0.29) is 0 Å². The van der Waals surface area contributed by atoms with E-state index in [1.807, 2.05) is 0 Å². The lowest BCUT2D eigenvalue weighted by atomic mass is 10.1. The second-order valence-corrected chi connectivity index (χ2v) is 3.45. The molecule has 0 aliphatic rings. The van der Waals surface area contributed by atoms with Crippen molar-refractivity contribution in [3.05, 3.63) is 0 Å². The Morgan fingerprint density at radius 3 is 2.50 bits per heavy atom. The van der Waals surface area contributed by atoms with Gasteiger partial charge in [0.15, 0.2) is 0 Å². The minimum Gasteiger partial charge on any atom is -0.229 e. The quantitative estimate of drug-likeness (QED) is 0.333. The number of unbranched alkanes of at least 4 members (excludes halogenated alkanes) is 4. The SMILES string of the molecule is CCCCCCC[C@@H](C)N=C=S. The highest BCUT2D eigenvalue weighted by molar-refractivity contribution is 7.78. The highest BCUT2D eigenvalue weighted by Crippen LogP contribution is 2.08. The van der Waals surface area contributed by atoms with E-state index < -0.39 is 0 Å². The minimum atomic E-state index is 0.379. The van der Waals surface area contributed by atoms with Crippen molar-refractivity contribution >= 4 is 17.4 Å². The summed E-state index contributed by atoms with van der Waals surface area (Å²) in [5, 5.41) is 2.43. The first kappa shape index (κ1) is 11.8. The molecule has 0 bridgehead atoms. The molecule has 0 aromatic rings. The van der Waals surface area contributed by atoms with E-state index in [0.717, 1.165) is 6.42 Å². The molecule has 0 amide bonds. The topological polar surface area (TPSA) is 12.4 Å². The van der Waals surface area contributed by atoms with Crippen molar-refractivity contribution in [2.45, 2.75) is 58.4 Å². The first-order valence-electron chi connectivity index (χ1n) is 4.88. The molecule has 12 heavy (non-hydrogen) atoms. The molecule has 0 rings (SSSR count). The normalized spacial score (nSPS) is 12.2. The first-order chi connectivity index (χ1) is 5.81. The largest absolute Gasteiger partial charge is 0.229 e. The van der Waals surface area contributed by atoms with Crippen LogP contribution in [0.15, 0.2) is 4.99 Å². The molecule has 0 fully saturated rings. The standard InChI is InChI=1S/C10H19NS/c1-3-4-5-6-7-8-10(2)11-9-12/h10H,3-8H2,1-2H3/t10-/m1/s1. The third kappa shape index (κ3) is 7.90. The zero-order valence-electron chi connectivity index (χ0n) is 8.18. The van der Waals surface area contributed by atoms with E-state index >= 15 is 0 Å². The van der Waals surface area contributed by atoms with Gasteiger partial charge < -0.3 is 0 Å². The van der Waals surface area contributed by atoms with Crippen LogP contribution in [0.25, 0.3) is 0 Å². The summed E-state index contributed by atoms with van der Waals surface area (Å²) in [6, 6.07) is 0.379.